The Morgan fingerprint density at radius 3 is 2.61 bits per heavy atom. The van der Waals surface area contributed by atoms with Gasteiger partial charge in [0, 0.05) is 6.04 Å². The SMILES string of the molecule is O=C(COCC(F)(F)F)NC1CCCCCC1Cl. The van der Waals surface area contributed by atoms with Gasteiger partial charge >= 0.3 is 6.18 Å². The van der Waals surface area contributed by atoms with E-state index in [1.165, 1.54) is 0 Å². The van der Waals surface area contributed by atoms with E-state index in [0.29, 0.717) is 0 Å². The van der Waals surface area contributed by atoms with Crippen LogP contribution in [0.15, 0.2) is 0 Å². The fourth-order valence-corrected chi connectivity index (χ4v) is 2.28. The van der Waals surface area contributed by atoms with Crippen molar-refractivity contribution >= 4 is 17.5 Å². The van der Waals surface area contributed by atoms with E-state index in [2.05, 4.69) is 10.1 Å². The van der Waals surface area contributed by atoms with Gasteiger partial charge in [0.05, 0.1) is 5.38 Å². The van der Waals surface area contributed by atoms with E-state index in [1.54, 1.807) is 0 Å². The second-order valence-corrected chi connectivity index (χ2v) is 5.00. The summed E-state index contributed by atoms with van der Waals surface area (Å²) in [6.07, 6.45) is 0.232. The van der Waals surface area contributed by atoms with Crippen molar-refractivity contribution in [1.29, 1.82) is 0 Å². The molecule has 0 aliphatic heterocycles. The molecule has 18 heavy (non-hydrogen) atoms. The number of hydrogen-bond acceptors (Lipinski definition) is 2. The molecule has 2 unspecified atom stereocenters. The first-order valence-electron chi connectivity index (χ1n) is 5.96. The third-order valence-corrected chi connectivity index (χ3v) is 3.30. The van der Waals surface area contributed by atoms with Crippen molar-refractivity contribution in [2.24, 2.45) is 0 Å². The zero-order chi connectivity index (χ0) is 13.6. The lowest BCUT2D eigenvalue weighted by Crippen LogP contribution is -2.42. The number of alkyl halides is 4. The summed E-state index contributed by atoms with van der Waals surface area (Å²) >= 11 is 6.10. The second-order valence-electron chi connectivity index (χ2n) is 4.44. The number of hydrogen-bond donors (Lipinski definition) is 1. The van der Waals surface area contributed by atoms with Gasteiger partial charge in [-0.1, -0.05) is 19.3 Å². The lowest BCUT2D eigenvalue weighted by atomic mass is 10.1. The minimum Gasteiger partial charge on any atom is -0.362 e. The van der Waals surface area contributed by atoms with Gasteiger partial charge < -0.3 is 10.1 Å². The lowest BCUT2D eigenvalue weighted by molar-refractivity contribution is -0.175. The normalized spacial score (nSPS) is 25.6. The number of carbonyl (C=O) groups is 1. The summed E-state index contributed by atoms with van der Waals surface area (Å²) in [5.41, 5.74) is 0. The molecule has 1 aliphatic carbocycles. The number of rotatable bonds is 4. The van der Waals surface area contributed by atoms with E-state index >= 15 is 0 Å². The summed E-state index contributed by atoms with van der Waals surface area (Å²) in [6.45, 7) is -1.99. The minimum atomic E-state index is -4.41. The molecule has 0 radical (unpaired) electrons. The highest BCUT2D eigenvalue weighted by Crippen LogP contribution is 2.22. The van der Waals surface area contributed by atoms with E-state index in [-0.39, 0.29) is 11.4 Å². The molecule has 1 N–H and O–H groups in total. The van der Waals surface area contributed by atoms with Crippen molar-refractivity contribution in [3.8, 4) is 0 Å². The van der Waals surface area contributed by atoms with Crippen LogP contribution in [0.5, 0.6) is 0 Å². The predicted molar refractivity (Wildman–Crippen MR) is 61.5 cm³/mol. The minimum absolute atomic E-state index is 0.154. The highest BCUT2D eigenvalue weighted by atomic mass is 35.5. The molecular weight excluding hydrogens is 271 g/mol. The van der Waals surface area contributed by atoms with Crippen molar-refractivity contribution in [2.45, 2.75) is 49.7 Å². The third-order valence-electron chi connectivity index (χ3n) is 2.78. The molecule has 1 saturated carbocycles. The molecular formula is C11H17ClF3NO2. The summed E-state index contributed by atoms with van der Waals surface area (Å²) < 4.78 is 39.7. The monoisotopic (exact) mass is 287 g/mol. The quantitative estimate of drug-likeness (QED) is 0.638. The van der Waals surface area contributed by atoms with Crippen LogP contribution in [-0.4, -0.2) is 36.7 Å². The summed E-state index contributed by atoms with van der Waals surface area (Å²) in [7, 11) is 0. The second kappa shape index (κ2) is 7.19. The summed E-state index contributed by atoms with van der Waals surface area (Å²) in [5, 5.41) is 2.48. The molecule has 1 aliphatic rings. The predicted octanol–water partition coefficient (Wildman–Crippen LogP) is 2.62. The average Bonchev–Trinajstić information content (AvgIpc) is 2.42. The van der Waals surface area contributed by atoms with E-state index in [4.69, 9.17) is 11.6 Å². The summed E-state index contributed by atoms with van der Waals surface area (Å²) in [4.78, 5) is 11.4. The molecule has 1 rings (SSSR count). The Morgan fingerprint density at radius 1 is 1.28 bits per heavy atom. The Labute approximate surface area is 109 Å². The Morgan fingerprint density at radius 2 is 1.94 bits per heavy atom. The third kappa shape index (κ3) is 6.44. The highest BCUT2D eigenvalue weighted by Gasteiger charge is 2.28. The maximum atomic E-state index is 11.8. The van der Waals surface area contributed by atoms with Crippen LogP contribution in [-0.2, 0) is 9.53 Å². The van der Waals surface area contributed by atoms with Crippen molar-refractivity contribution in [1.82, 2.24) is 5.32 Å². The fourth-order valence-electron chi connectivity index (χ4n) is 1.93. The molecule has 0 aromatic carbocycles. The number of carbonyl (C=O) groups excluding carboxylic acids is 1. The smallest absolute Gasteiger partial charge is 0.362 e. The van der Waals surface area contributed by atoms with Crippen LogP contribution >= 0.6 is 11.6 Å². The van der Waals surface area contributed by atoms with Crippen molar-refractivity contribution in [3.63, 3.8) is 0 Å². The Balaban J connectivity index is 2.26. The standard InChI is InChI=1S/C11H17ClF3NO2/c12-8-4-2-1-3-5-9(8)16-10(17)6-18-7-11(13,14)15/h8-9H,1-7H2,(H,16,17). The molecule has 0 bridgehead atoms. The van der Waals surface area contributed by atoms with Crippen LogP contribution in [0.3, 0.4) is 0 Å². The highest BCUT2D eigenvalue weighted by molar-refractivity contribution is 6.21. The van der Waals surface area contributed by atoms with Crippen LogP contribution < -0.4 is 5.32 Å². The topological polar surface area (TPSA) is 38.3 Å². The first kappa shape index (κ1) is 15.6. The van der Waals surface area contributed by atoms with Crippen molar-refractivity contribution in [2.75, 3.05) is 13.2 Å². The summed E-state index contributed by atoms with van der Waals surface area (Å²) in [5.74, 6) is -0.545. The maximum Gasteiger partial charge on any atom is 0.411 e. The van der Waals surface area contributed by atoms with Gasteiger partial charge in [0.2, 0.25) is 5.91 Å². The van der Waals surface area contributed by atoms with Crippen LogP contribution in [0.25, 0.3) is 0 Å². The van der Waals surface area contributed by atoms with E-state index in [1.807, 2.05) is 0 Å². The first-order chi connectivity index (χ1) is 8.38. The van der Waals surface area contributed by atoms with Crippen LogP contribution in [0.2, 0.25) is 0 Å². The van der Waals surface area contributed by atoms with Crippen LogP contribution in [0.4, 0.5) is 13.2 Å². The number of nitrogens with one attached hydrogen (secondary N) is 1. The fraction of sp³-hybridized carbons (Fsp3) is 0.909. The van der Waals surface area contributed by atoms with Gasteiger partial charge in [0.1, 0.15) is 13.2 Å². The molecule has 7 heteroatoms. The Bertz CT molecular complexity index is 274. The molecule has 1 fully saturated rings. The van der Waals surface area contributed by atoms with Gasteiger partial charge in [0.25, 0.3) is 0 Å². The van der Waals surface area contributed by atoms with Gasteiger partial charge in [-0.15, -0.1) is 11.6 Å². The maximum absolute atomic E-state index is 11.8. The Kier molecular flexibility index (Phi) is 6.21. The number of ether oxygens (including phenoxy) is 1. The molecule has 3 nitrogen and oxygen atoms in total. The van der Waals surface area contributed by atoms with Gasteiger partial charge in [-0.25, -0.2) is 0 Å². The van der Waals surface area contributed by atoms with E-state index in [9.17, 15) is 18.0 Å². The zero-order valence-corrected chi connectivity index (χ0v) is 10.7. The molecule has 0 aromatic heterocycles. The summed E-state index contributed by atoms with van der Waals surface area (Å²) in [6, 6.07) is -0.170. The van der Waals surface area contributed by atoms with Crippen molar-refractivity contribution < 1.29 is 22.7 Å². The lowest BCUT2D eigenvalue weighted by Gasteiger charge is -2.21. The van der Waals surface area contributed by atoms with Gasteiger partial charge in [-0.05, 0) is 12.8 Å². The van der Waals surface area contributed by atoms with Gasteiger partial charge in [0.15, 0.2) is 0 Å². The molecule has 0 aromatic rings. The van der Waals surface area contributed by atoms with Gasteiger partial charge in [-0.3, -0.25) is 4.79 Å². The van der Waals surface area contributed by atoms with Crippen LogP contribution in [0.1, 0.15) is 32.1 Å². The zero-order valence-electron chi connectivity index (χ0n) is 9.93. The molecule has 0 spiro atoms. The van der Waals surface area contributed by atoms with Crippen molar-refractivity contribution in [3.05, 3.63) is 0 Å². The number of amides is 1. The first-order valence-corrected chi connectivity index (χ1v) is 6.40. The Hall–Kier alpha value is -0.490. The van der Waals surface area contributed by atoms with Gasteiger partial charge in [-0.2, -0.15) is 13.2 Å². The largest absolute Gasteiger partial charge is 0.411 e. The molecule has 1 amide bonds. The number of halogens is 4. The van der Waals surface area contributed by atoms with E-state index in [0.717, 1.165) is 32.1 Å². The van der Waals surface area contributed by atoms with Crippen LogP contribution in [0, 0.1) is 0 Å². The average molecular weight is 288 g/mol. The molecule has 0 saturated heterocycles. The molecule has 0 heterocycles. The molecule has 106 valence electrons. The van der Waals surface area contributed by atoms with E-state index < -0.39 is 25.3 Å². The molecule has 2 atom stereocenters.